The molecule has 7 nitrogen and oxygen atoms in total. The third-order valence-electron chi connectivity index (χ3n) is 6.63. The number of carbonyl (C=O) groups excluding carboxylic acids is 4. The number of fused-ring (bicyclic) bond motifs is 2. The molecule has 33 heavy (non-hydrogen) atoms. The molecule has 170 valence electrons. The summed E-state index contributed by atoms with van der Waals surface area (Å²) in [4.78, 5) is 52.6. The lowest BCUT2D eigenvalue weighted by Gasteiger charge is -2.31. The zero-order valence-corrected chi connectivity index (χ0v) is 18.8. The number of nitrogens with zero attached hydrogens (tertiary/aromatic N) is 1. The molecule has 1 saturated carbocycles. The summed E-state index contributed by atoms with van der Waals surface area (Å²) in [6.07, 6.45) is 5.07. The molecular formula is C26H26N2O5. The minimum atomic E-state index is -0.561. The Hall–Kier alpha value is -3.48. The van der Waals surface area contributed by atoms with Crippen molar-refractivity contribution in [1.29, 1.82) is 0 Å². The molecule has 2 aliphatic heterocycles. The second-order valence-corrected chi connectivity index (χ2v) is 9.66. The molecule has 3 aliphatic rings. The van der Waals surface area contributed by atoms with Crippen LogP contribution in [0.1, 0.15) is 93.8 Å². The molecule has 0 aromatic heterocycles. The predicted octanol–water partition coefficient (Wildman–Crippen LogP) is 4.61. The summed E-state index contributed by atoms with van der Waals surface area (Å²) in [5.74, 6) is -0.556. The number of carbonyl (C=O) groups is 4. The number of benzene rings is 2. The van der Waals surface area contributed by atoms with Crippen LogP contribution in [-0.4, -0.2) is 40.0 Å². The first-order valence-corrected chi connectivity index (χ1v) is 11.4. The molecular weight excluding hydrogens is 420 g/mol. The van der Waals surface area contributed by atoms with E-state index in [0.29, 0.717) is 22.6 Å². The van der Waals surface area contributed by atoms with Crippen molar-refractivity contribution in [3.8, 4) is 5.75 Å². The smallest absolute Gasteiger partial charge is 0.261 e. The van der Waals surface area contributed by atoms with Crippen LogP contribution in [0.2, 0.25) is 0 Å². The van der Waals surface area contributed by atoms with Gasteiger partial charge < -0.3 is 10.1 Å². The first-order chi connectivity index (χ1) is 15.7. The molecule has 1 fully saturated rings. The number of anilines is 1. The van der Waals surface area contributed by atoms with E-state index < -0.39 is 11.5 Å². The van der Waals surface area contributed by atoms with Crippen molar-refractivity contribution in [2.24, 2.45) is 0 Å². The van der Waals surface area contributed by atoms with Crippen molar-refractivity contribution < 1.29 is 23.9 Å². The highest BCUT2D eigenvalue weighted by Crippen LogP contribution is 2.35. The molecule has 2 aromatic carbocycles. The Kier molecular flexibility index (Phi) is 5.07. The van der Waals surface area contributed by atoms with Gasteiger partial charge in [0.1, 0.15) is 11.4 Å². The molecule has 5 rings (SSSR count). The van der Waals surface area contributed by atoms with Gasteiger partial charge in [-0.05, 0) is 63.1 Å². The van der Waals surface area contributed by atoms with E-state index in [2.05, 4.69) is 5.32 Å². The molecule has 0 radical (unpaired) electrons. The van der Waals surface area contributed by atoms with Crippen LogP contribution in [0.5, 0.6) is 5.75 Å². The molecule has 0 saturated heterocycles. The van der Waals surface area contributed by atoms with E-state index in [-0.39, 0.29) is 41.2 Å². The molecule has 0 bridgehead atoms. The highest BCUT2D eigenvalue weighted by Gasteiger charge is 2.40. The van der Waals surface area contributed by atoms with Gasteiger partial charge >= 0.3 is 0 Å². The number of nitrogens with one attached hydrogen (secondary N) is 1. The van der Waals surface area contributed by atoms with Gasteiger partial charge in [-0.15, -0.1) is 0 Å². The highest BCUT2D eigenvalue weighted by molar-refractivity contribution is 6.22. The topological polar surface area (TPSA) is 92.8 Å². The zero-order chi connectivity index (χ0) is 23.3. The van der Waals surface area contributed by atoms with Crippen LogP contribution >= 0.6 is 0 Å². The number of hydrogen-bond donors (Lipinski definition) is 1. The number of amides is 3. The summed E-state index contributed by atoms with van der Waals surface area (Å²) in [6.45, 7) is 3.72. The normalized spacial score (nSPS) is 19.7. The van der Waals surface area contributed by atoms with Crippen LogP contribution in [0, 0.1) is 0 Å². The van der Waals surface area contributed by atoms with Gasteiger partial charge in [0.05, 0.1) is 23.1 Å². The Morgan fingerprint density at radius 2 is 1.67 bits per heavy atom. The number of hydrogen-bond acceptors (Lipinski definition) is 5. The van der Waals surface area contributed by atoms with Gasteiger partial charge in [-0.1, -0.05) is 19.3 Å². The summed E-state index contributed by atoms with van der Waals surface area (Å²) in [6, 6.07) is 9.50. The van der Waals surface area contributed by atoms with E-state index in [0.717, 1.165) is 32.1 Å². The number of Topliss-reactive ketones (excluding diaryl/α,β-unsaturated/α-hetero) is 1. The van der Waals surface area contributed by atoms with Gasteiger partial charge in [0.2, 0.25) is 0 Å². The Labute approximate surface area is 192 Å². The summed E-state index contributed by atoms with van der Waals surface area (Å²) in [5, 5.41) is 2.78. The second-order valence-electron chi connectivity index (χ2n) is 9.66. The molecule has 0 atom stereocenters. The molecule has 2 aromatic rings. The summed E-state index contributed by atoms with van der Waals surface area (Å²) < 4.78 is 5.86. The maximum Gasteiger partial charge on any atom is 0.261 e. The molecule has 1 N–H and O–H groups in total. The fourth-order valence-corrected chi connectivity index (χ4v) is 5.01. The first kappa shape index (κ1) is 21.4. The standard InChI is InChI=1S/C26H26N2O5/c1-26(2)14-21(29)20-13-16(9-11-22(20)33-26)27-23(30)15-8-10-18-19(12-15)25(32)28(24(18)31)17-6-4-3-5-7-17/h8-13,17H,3-7,14H2,1-2H3,(H,27,30). The number of rotatable bonds is 3. The fraction of sp³-hybridized carbons (Fsp3) is 0.385. The zero-order valence-electron chi connectivity index (χ0n) is 18.8. The summed E-state index contributed by atoms with van der Waals surface area (Å²) in [5.41, 5.74) is 1.24. The predicted molar refractivity (Wildman–Crippen MR) is 122 cm³/mol. The molecule has 3 amide bonds. The van der Waals surface area contributed by atoms with E-state index in [1.54, 1.807) is 30.3 Å². The van der Waals surface area contributed by atoms with Crippen molar-refractivity contribution in [2.45, 2.75) is 64.0 Å². The third kappa shape index (κ3) is 3.81. The second kappa shape index (κ2) is 7.83. The van der Waals surface area contributed by atoms with Crippen LogP contribution in [0.15, 0.2) is 36.4 Å². The highest BCUT2D eigenvalue weighted by atomic mass is 16.5. The Bertz CT molecular complexity index is 1190. The van der Waals surface area contributed by atoms with E-state index in [4.69, 9.17) is 4.74 Å². The van der Waals surface area contributed by atoms with Crippen LogP contribution in [0.3, 0.4) is 0 Å². The minimum Gasteiger partial charge on any atom is -0.487 e. The van der Waals surface area contributed by atoms with Crippen LogP contribution in [0.25, 0.3) is 0 Å². The minimum absolute atomic E-state index is 0.0400. The van der Waals surface area contributed by atoms with Gasteiger partial charge in [0.15, 0.2) is 5.78 Å². The van der Waals surface area contributed by atoms with E-state index in [9.17, 15) is 19.2 Å². The van der Waals surface area contributed by atoms with Crippen molar-refractivity contribution >= 4 is 29.2 Å². The van der Waals surface area contributed by atoms with Crippen LogP contribution in [0.4, 0.5) is 5.69 Å². The summed E-state index contributed by atoms with van der Waals surface area (Å²) in [7, 11) is 0. The largest absolute Gasteiger partial charge is 0.487 e. The van der Waals surface area contributed by atoms with Gasteiger partial charge in [-0.3, -0.25) is 24.1 Å². The van der Waals surface area contributed by atoms with Crippen LogP contribution in [-0.2, 0) is 0 Å². The SMILES string of the molecule is CC1(C)CC(=O)c2cc(NC(=O)c3ccc4c(c3)C(=O)N(C3CCCCC3)C4=O)ccc2O1. The van der Waals surface area contributed by atoms with Gasteiger partial charge in [-0.25, -0.2) is 0 Å². The van der Waals surface area contributed by atoms with Crippen molar-refractivity contribution in [2.75, 3.05) is 5.32 Å². The molecule has 2 heterocycles. The van der Waals surface area contributed by atoms with Crippen LogP contribution < -0.4 is 10.1 Å². The summed E-state index contributed by atoms with van der Waals surface area (Å²) >= 11 is 0. The first-order valence-electron chi connectivity index (χ1n) is 11.4. The van der Waals surface area contributed by atoms with Crippen molar-refractivity contribution in [1.82, 2.24) is 4.90 Å². The monoisotopic (exact) mass is 446 g/mol. The number of imide groups is 1. The average Bonchev–Trinajstić information content (AvgIpc) is 3.03. The van der Waals surface area contributed by atoms with Crippen molar-refractivity contribution in [3.05, 3.63) is 58.7 Å². The lowest BCUT2D eigenvalue weighted by molar-refractivity contribution is 0.0546. The lowest BCUT2D eigenvalue weighted by Crippen LogP contribution is -2.40. The van der Waals surface area contributed by atoms with E-state index in [1.165, 1.54) is 11.0 Å². The lowest BCUT2D eigenvalue weighted by atomic mass is 9.93. The van der Waals surface area contributed by atoms with Gasteiger partial charge in [-0.2, -0.15) is 0 Å². The van der Waals surface area contributed by atoms with E-state index in [1.807, 2.05) is 13.8 Å². The Morgan fingerprint density at radius 1 is 0.939 bits per heavy atom. The van der Waals surface area contributed by atoms with Gasteiger partial charge in [0, 0.05) is 17.3 Å². The maximum absolute atomic E-state index is 13.0. The quantitative estimate of drug-likeness (QED) is 0.695. The Morgan fingerprint density at radius 3 is 2.42 bits per heavy atom. The number of ether oxygens (including phenoxy) is 1. The molecule has 0 spiro atoms. The fourth-order valence-electron chi connectivity index (χ4n) is 5.01. The molecule has 7 heteroatoms. The Balaban J connectivity index is 1.36. The van der Waals surface area contributed by atoms with E-state index >= 15 is 0 Å². The average molecular weight is 447 g/mol. The number of ketones is 1. The maximum atomic E-state index is 13.0. The molecule has 1 aliphatic carbocycles. The molecule has 0 unspecified atom stereocenters. The third-order valence-corrected chi connectivity index (χ3v) is 6.63. The van der Waals surface area contributed by atoms with Gasteiger partial charge in [0.25, 0.3) is 17.7 Å². The van der Waals surface area contributed by atoms with Crippen molar-refractivity contribution in [3.63, 3.8) is 0 Å².